The van der Waals surface area contributed by atoms with Crippen molar-refractivity contribution in [2.45, 2.75) is 6.42 Å². The summed E-state index contributed by atoms with van der Waals surface area (Å²) in [5.74, 6) is 0.177. The molecule has 0 aromatic heterocycles. The molecule has 3 nitrogen and oxygen atoms in total. The van der Waals surface area contributed by atoms with Crippen molar-refractivity contribution < 1.29 is 4.79 Å². The van der Waals surface area contributed by atoms with E-state index >= 15 is 0 Å². The number of nitrogens with two attached hydrogens (primary N) is 1. The van der Waals surface area contributed by atoms with Crippen LogP contribution in [-0.4, -0.2) is 18.9 Å². The van der Waals surface area contributed by atoms with E-state index in [0.29, 0.717) is 18.5 Å². The van der Waals surface area contributed by atoms with Crippen molar-refractivity contribution in [1.29, 1.82) is 0 Å². The van der Waals surface area contributed by atoms with E-state index in [1.165, 1.54) is 6.20 Å². The van der Waals surface area contributed by atoms with Crippen molar-refractivity contribution in [1.82, 2.24) is 5.32 Å². The average Bonchev–Trinajstić information content (AvgIpc) is 1.89. The minimum atomic E-state index is 0.177. The van der Waals surface area contributed by atoms with Gasteiger partial charge in [0.25, 0.3) is 0 Å². The molecule has 1 aliphatic heterocycles. The van der Waals surface area contributed by atoms with Gasteiger partial charge in [-0.2, -0.15) is 0 Å². The highest BCUT2D eigenvalue weighted by Gasteiger charge is 2.12. The third-order valence-electron chi connectivity index (χ3n) is 1.40. The van der Waals surface area contributed by atoms with E-state index in [1.807, 2.05) is 0 Å². The minimum absolute atomic E-state index is 0.177. The Balaban J connectivity index is 2.60. The minimum Gasteiger partial charge on any atom is -0.404 e. The lowest BCUT2D eigenvalue weighted by atomic mass is 10.1. The number of piperidine rings is 1. The van der Waals surface area contributed by atoms with Crippen LogP contribution in [0.5, 0.6) is 0 Å². The molecule has 3 N–H and O–H groups in total. The van der Waals surface area contributed by atoms with Crippen LogP contribution >= 0.6 is 0 Å². The SMILES string of the molecule is NC=C1CNCCC1=O. The molecule has 0 bridgehead atoms. The van der Waals surface area contributed by atoms with E-state index < -0.39 is 0 Å². The lowest BCUT2D eigenvalue weighted by molar-refractivity contribution is -0.116. The molecular weight excluding hydrogens is 116 g/mol. The molecule has 1 saturated heterocycles. The number of carbonyl (C=O) groups excluding carboxylic acids is 1. The monoisotopic (exact) mass is 126 g/mol. The number of nitrogens with one attached hydrogen (secondary N) is 1. The second-order valence-electron chi connectivity index (χ2n) is 2.04. The molecular formula is C6H10N2O. The van der Waals surface area contributed by atoms with Gasteiger partial charge in [-0.25, -0.2) is 0 Å². The molecule has 0 aromatic carbocycles. The summed E-state index contributed by atoms with van der Waals surface area (Å²) >= 11 is 0. The van der Waals surface area contributed by atoms with Gasteiger partial charge in [0.05, 0.1) is 0 Å². The number of rotatable bonds is 0. The first-order chi connectivity index (χ1) is 4.34. The highest BCUT2D eigenvalue weighted by atomic mass is 16.1. The van der Waals surface area contributed by atoms with Crippen LogP contribution in [0, 0.1) is 0 Å². The van der Waals surface area contributed by atoms with Crippen LogP contribution in [0.1, 0.15) is 6.42 Å². The summed E-state index contributed by atoms with van der Waals surface area (Å²) in [6.45, 7) is 1.42. The molecule has 50 valence electrons. The highest BCUT2D eigenvalue weighted by molar-refractivity contribution is 5.96. The Labute approximate surface area is 53.9 Å². The van der Waals surface area contributed by atoms with Gasteiger partial charge in [-0.05, 0) is 0 Å². The zero-order chi connectivity index (χ0) is 6.69. The summed E-state index contributed by atoms with van der Waals surface area (Å²) in [4.78, 5) is 10.8. The molecule has 1 aliphatic rings. The van der Waals surface area contributed by atoms with Gasteiger partial charge in [0.15, 0.2) is 5.78 Å². The largest absolute Gasteiger partial charge is 0.404 e. The van der Waals surface area contributed by atoms with Gasteiger partial charge in [0.2, 0.25) is 0 Å². The average molecular weight is 126 g/mol. The first-order valence-electron chi connectivity index (χ1n) is 2.99. The van der Waals surface area contributed by atoms with Gasteiger partial charge < -0.3 is 11.1 Å². The summed E-state index contributed by atoms with van der Waals surface area (Å²) in [7, 11) is 0. The van der Waals surface area contributed by atoms with Crippen molar-refractivity contribution in [3.05, 3.63) is 11.8 Å². The van der Waals surface area contributed by atoms with E-state index in [9.17, 15) is 4.79 Å². The first-order valence-corrected chi connectivity index (χ1v) is 2.99. The first kappa shape index (κ1) is 6.29. The fraction of sp³-hybridized carbons (Fsp3) is 0.500. The maximum atomic E-state index is 10.8. The van der Waals surface area contributed by atoms with Crippen LogP contribution in [0.25, 0.3) is 0 Å². The predicted octanol–water partition coefficient (Wildman–Crippen LogP) is -0.609. The van der Waals surface area contributed by atoms with Gasteiger partial charge in [0.1, 0.15) is 0 Å². The topological polar surface area (TPSA) is 55.1 Å². The molecule has 1 rings (SSSR count). The second-order valence-corrected chi connectivity index (χ2v) is 2.04. The lowest BCUT2D eigenvalue weighted by Crippen LogP contribution is -2.30. The number of hydrogen-bond acceptors (Lipinski definition) is 3. The predicted molar refractivity (Wildman–Crippen MR) is 34.8 cm³/mol. The Hall–Kier alpha value is -0.830. The Morgan fingerprint density at radius 1 is 1.67 bits per heavy atom. The summed E-state index contributed by atoms with van der Waals surface area (Å²) in [5, 5.41) is 3.05. The Bertz CT molecular complexity index is 151. The third-order valence-corrected chi connectivity index (χ3v) is 1.40. The molecule has 9 heavy (non-hydrogen) atoms. The van der Waals surface area contributed by atoms with Crippen molar-refractivity contribution >= 4 is 5.78 Å². The van der Waals surface area contributed by atoms with Crippen LogP contribution in [-0.2, 0) is 4.79 Å². The molecule has 0 spiro atoms. The summed E-state index contributed by atoms with van der Waals surface area (Å²) < 4.78 is 0. The van der Waals surface area contributed by atoms with Crippen molar-refractivity contribution in [3.8, 4) is 0 Å². The fourth-order valence-corrected chi connectivity index (χ4v) is 0.836. The normalized spacial score (nSPS) is 24.9. The van der Waals surface area contributed by atoms with Gasteiger partial charge in [-0.3, -0.25) is 4.79 Å². The van der Waals surface area contributed by atoms with Crippen molar-refractivity contribution in [3.63, 3.8) is 0 Å². The zero-order valence-electron chi connectivity index (χ0n) is 5.18. The second kappa shape index (κ2) is 2.64. The highest BCUT2D eigenvalue weighted by Crippen LogP contribution is 2.00. The summed E-state index contributed by atoms with van der Waals surface area (Å²) in [6, 6.07) is 0. The molecule has 0 unspecified atom stereocenters. The molecule has 3 heteroatoms. The van der Waals surface area contributed by atoms with E-state index in [0.717, 1.165) is 6.54 Å². The lowest BCUT2D eigenvalue weighted by Gasteiger charge is -2.12. The summed E-state index contributed by atoms with van der Waals surface area (Å²) in [6.07, 6.45) is 1.97. The molecule has 0 saturated carbocycles. The van der Waals surface area contributed by atoms with Crippen LogP contribution < -0.4 is 11.1 Å². The standard InChI is InChI=1S/C6H10N2O/c7-3-5-4-8-2-1-6(5)9/h3,8H,1-2,4,7H2. The van der Waals surface area contributed by atoms with Crippen LogP contribution in [0.4, 0.5) is 0 Å². The Kier molecular flexibility index (Phi) is 1.85. The zero-order valence-corrected chi connectivity index (χ0v) is 5.18. The number of carbonyl (C=O) groups is 1. The van der Waals surface area contributed by atoms with Crippen LogP contribution in [0.15, 0.2) is 11.8 Å². The van der Waals surface area contributed by atoms with Crippen molar-refractivity contribution in [2.75, 3.05) is 13.1 Å². The third kappa shape index (κ3) is 1.29. The molecule has 0 amide bonds. The fourth-order valence-electron chi connectivity index (χ4n) is 0.836. The summed E-state index contributed by atoms with van der Waals surface area (Å²) in [5.41, 5.74) is 5.88. The van der Waals surface area contributed by atoms with E-state index in [-0.39, 0.29) is 5.78 Å². The number of hydrogen-bond donors (Lipinski definition) is 2. The van der Waals surface area contributed by atoms with Gasteiger partial charge >= 0.3 is 0 Å². The number of ketones is 1. The molecule has 0 radical (unpaired) electrons. The number of Topliss-reactive ketones (excluding diaryl/α,β-unsaturated/α-hetero) is 1. The van der Waals surface area contributed by atoms with Crippen molar-refractivity contribution in [2.24, 2.45) is 5.73 Å². The molecule has 1 fully saturated rings. The van der Waals surface area contributed by atoms with Gasteiger partial charge in [-0.15, -0.1) is 0 Å². The maximum absolute atomic E-state index is 10.8. The van der Waals surface area contributed by atoms with E-state index in [1.54, 1.807) is 0 Å². The van der Waals surface area contributed by atoms with Crippen LogP contribution in [0.2, 0.25) is 0 Å². The van der Waals surface area contributed by atoms with Gasteiger partial charge in [-0.1, -0.05) is 0 Å². The quantitative estimate of drug-likeness (QED) is 0.426. The molecule has 1 heterocycles. The van der Waals surface area contributed by atoms with E-state index in [2.05, 4.69) is 5.32 Å². The molecule has 0 atom stereocenters. The molecule has 0 aliphatic carbocycles. The smallest absolute Gasteiger partial charge is 0.162 e. The van der Waals surface area contributed by atoms with E-state index in [4.69, 9.17) is 5.73 Å². The van der Waals surface area contributed by atoms with Crippen LogP contribution in [0.3, 0.4) is 0 Å². The maximum Gasteiger partial charge on any atom is 0.162 e. The Morgan fingerprint density at radius 2 is 2.44 bits per heavy atom. The molecule has 0 aromatic rings. The van der Waals surface area contributed by atoms with Gasteiger partial charge in [0, 0.05) is 31.3 Å². The Morgan fingerprint density at radius 3 is 2.89 bits per heavy atom.